The molecule has 0 spiro atoms. The van der Waals surface area contributed by atoms with Crippen LogP contribution in [0.5, 0.6) is 0 Å². The summed E-state index contributed by atoms with van der Waals surface area (Å²) in [6.07, 6.45) is 2.00. The van der Waals surface area contributed by atoms with E-state index in [1.54, 1.807) is 0 Å². The summed E-state index contributed by atoms with van der Waals surface area (Å²) in [4.78, 5) is 0. The van der Waals surface area contributed by atoms with Gasteiger partial charge < -0.3 is 27.7 Å². The van der Waals surface area contributed by atoms with Crippen LogP contribution < -0.4 is 11.2 Å². The zero-order valence-corrected chi connectivity index (χ0v) is 21.5. The van der Waals surface area contributed by atoms with E-state index >= 15 is 0 Å². The third-order valence-electron chi connectivity index (χ3n) is 6.13. The van der Waals surface area contributed by atoms with Gasteiger partial charge in [0.2, 0.25) is 11.2 Å². The van der Waals surface area contributed by atoms with Crippen molar-refractivity contribution in [2.45, 2.75) is 52.9 Å². The molecule has 0 fully saturated rings. The lowest BCUT2D eigenvalue weighted by Gasteiger charge is -2.08. The molecule has 4 aromatic rings. The van der Waals surface area contributed by atoms with Gasteiger partial charge >= 0.3 is 0 Å². The van der Waals surface area contributed by atoms with E-state index in [9.17, 15) is 0 Å². The molecular formula is C26H37ClN6O2. The predicted octanol–water partition coefficient (Wildman–Crippen LogP) is 4.13. The van der Waals surface area contributed by atoms with Crippen molar-refractivity contribution in [1.82, 2.24) is 18.3 Å². The number of hydrogen-bond acceptors (Lipinski definition) is 4. The number of fused-ring (bicyclic) bond motifs is 2. The molecule has 0 saturated carbocycles. The second-order valence-electron chi connectivity index (χ2n) is 8.46. The van der Waals surface area contributed by atoms with Crippen molar-refractivity contribution >= 4 is 34.5 Å². The molecule has 0 unspecified atom stereocenters. The van der Waals surface area contributed by atoms with E-state index in [0.29, 0.717) is 50.8 Å². The molecular weight excluding hydrogens is 464 g/mol. The number of aryl methyl sites for hydroxylation is 2. The van der Waals surface area contributed by atoms with E-state index in [2.05, 4.69) is 47.2 Å². The van der Waals surface area contributed by atoms with Gasteiger partial charge in [-0.15, -0.1) is 12.4 Å². The quantitative estimate of drug-likeness (QED) is 0.270. The second-order valence-corrected chi connectivity index (χ2v) is 8.46. The Morgan fingerprint density at radius 3 is 1.17 bits per heavy atom. The molecule has 2 heterocycles. The standard InChI is InChI=1S/C26H36N6O2.ClH/c1-3-13-29-21-9-5-7-11-23(21)31(25(29)27)15-17-33-19-20-34-18-16-32-24-12-8-6-10-22(24)30(14-4-2)26(32)28;/h5-12,27-28H,3-4,13-20H2,1-2H3;1H. The van der Waals surface area contributed by atoms with Gasteiger partial charge in [-0.05, 0) is 37.1 Å². The molecule has 190 valence electrons. The summed E-state index contributed by atoms with van der Waals surface area (Å²) < 4.78 is 19.8. The SMILES string of the molecule is CCCn1c(=N)n(CCOCCOCCn2c(=N)n(CCC)c3ccccc32)c2ccccc21.Cl. The smallest absolute Gasteiger partial charge is 0.203 e. The van der Waals surface area contributed by atoms with Crippen molar-refractivity contribution in [3.05, 3.63) is 59.8 Å². The highest BCUT2D eigenvalue weighted by molar-refractivity contribution is 5.85. The van der Waals surface area contributed by atoms with E-state index in [-0.39, 0.29) is 12.4 Å². The first-order valence-corrected chi connectivity index (χ1v) is 12.3. The summed E-state index contributed by atoms with van der Waals surface area (Å²) in [5.41, 5.74) is 5.40. The van der Waals surface area contributed by atoms with Gasteiger partial charge in [0.25, 0.3) is 0 Å². The number of imidazole rings is 2. The fraction of sp³-hybridized carbons (Fsp3) is 0.462. The van der Waals surface area contributed by atoms with E-state index < -0.39 is 0 Å². The zero-order valence-electron chi connectivity index (χ0n) is 20.7. The van der Waals surface area contributed by atoms with Crippen LogP contribution in [0.2, 0.25) is 0 Å². The Labute approximate surface area is 212 Å². The zero-order chi connectivity index (χ0) is 23.9. The van der Waals surface area contributed by atoms with Crippen LogP contribution >= 0.6 is 12.4 Å². The number of para-hydroxylation sites is 4. The average Bonchev–Trinajstić information content (AvgIpc) is 3.27. The molecule has 0 radical (unpaired) electrons. The highest BCUT2D eigenvalue weighted by atomic mass is 35.5. The molecule has 2 N–H and O–H groups in total. The Hall–Kier alpha value is -2.81. The van der Waals surface area contributed by atoms with E-state index in [1.165, 1.54) is 0 Å². The highest BCUT2D eigenvalue weighted by Crippen LogP contribution is 2.14. The van der Waals surface area contributed by atoms with Crippen LogP contribution in [0.3, 0.4) is 0 Å². The van der Waals surface area contributed by atoms with Crippen molar-refractivity contribution in [2.24, 2.45) is 0 Å². The number of nitrogens with zero attached hydrogens (tertiary/aromatic N) is 4. The van der Waals surface area contributed by atoms with Crippen LogP contribution in [-0.4, -0.2) is 44.7 Å². The van der Waals surface area contributed by atoms with Gasteiger partial charge in [-0.25, -0.2) is 0 Å². The Morgan fingerprint density at radius 2 is 0.857 bits per heavy atom. The van der Waals surface area contributed by atoms with Gasteiger partial charge in [-0.3, -0.25) is 10.8 Å². The number of nitrogens with one attached hydrogen (secondary N) is 2. The average molecular weight is 501 g/mol. The van der Waals surface area contributed by atoms with Crippen molar-refractivity contribution in [2.75, 3.05) is 26.4 Å². The van der Waals surface area contributed by atoms with Crippen LogP contribution in [0.15, 0.2) is 48.5 Å². The lowest BCUT2D eigenvalue weighted by atomic mass is 10.3. The minimum Gasteiger partial charge on any atom is -0.377 e. The molecule has 2 aromatic carbocycles. The van der Waals surface area contributed by atoms with Crippen LogP contribution in [0.1, 0.15) is 26.7 Å². The number of hydrogen-bond donors (Lipinski definition) is 2. The monoisotopic (exact) mass is 500 g/mol. The summed E-state index contributed by atoms with van der Waals surface area (Å²) >= 11 is 0. The van der Waals surface area contributed by atoms with Crippen LogP contribution in [0.25, 0.3) is 22.1 Å². The molecule has 0 atom stereocenters. The van der Waals surface area contributed by atoms with Gasteiger partial charge in [0.05, 0.1) is 48.5 Å². The van der Waals surface area contributed by atoms with Crippen molar-refractivity contribution in [3.8, 4) is 0 Å². The topological polar surface area (TPSA) is 85.9 Å². The molecule has 9 heteroatoms. The van der Waals surface area contributed by atoms with E-state index in [1.807, 2.05) is 33.4 Å². The summed E-state index contributed by atoms with van der Waals surface area (Å²) in [7, 11) is 0. The molecule has 8 nitrogen and oxygen atoms in total. The van der Waals surface area contributed by atoms with Crippen LogP contribution in [0.4, 0.5) is 0 Å². The minimum atomic E-state index is 0. The fourth-order valence-corrected chi connectivity index (χ4v) is 4.58. The lowest BCUT2D eigenvalue weighted by molar-refractivity contribution is 0.0419. The van der Waals surface area contributed by atoms with Gasteiger partial charge in [-0.2, -0.15) is 0 Å². The Morgan fingerprint density at radius 1 is 0.543 bits per heavy atom. The molecule has 2 aromatic heterocycles. The number of benzene rings is 2. The fourth-order valence-electron chi connectivity index (χ4n) is 4.58. The first-order valence-electron chi connectivity index (χ1n) is 12.3. The Kier molecular flexibility index (Phi) is 9.77. The van der Waals surface area contributed by atoms with Crippen LogP contribution in [-0.2, 0) is 35.7 Å². The number of halogens is 1. The van der Waals surface area contributed by atoms with Crippen molar-refractivity contribution in [3.63, 3.8) is 0 Å². The van der Waals surface area contributed by atoms with Crippen LogP contribution in [0, 0.1) is 10.8 Å². The maximum Gasteiger partial charge on any atom is 0.203 e. The summed E-state index contributed by atoms with van der Waals surface area (Å²) in [6.45, 7) is 9.34. The third-order valence-corrected chi connectivity index (χ3v) is 6.13. The molecule has 0 aliphatic heterocycles. The van der Waals surface area contributed by atoms with Gasteiger partial charge in [0, 0.05) is 26.2 Å². The molecule has 0 aliphatic carbocycles. The molecule has 0 bridgehead atoms. The minimum absolute atomic E-state index is 0. The normalized spacial score (nSPS) is 11.4. The summed E-state index contributed by atoms with van der Waals surface area (Å²) in [5, 5.41) is 17.1. The Balaban J connectivity index is 0.00000342. The van der Waals surface area contributed by atoms with E-state index in [4.69, 9.17) is 20.3 Å². The highest BCUT2D eigenvalue weighted by Gasteiger charge is 2.10. The summed E-state index contributed by atoms with van der Waals surface area (Å²) in [5.74, 6) is 0. The number of ether oxygens (including phenoxy) is 2. The summed E-state index contributed by atoms with van der Waals surface area (Å²) in [6, 6.07) is 16.4. The number of aromatic nitrogens is 4. The second kappa shape index (κ2) is 12.8. The van der Waals surface area contributed by atoms with Gasteiger partial charge in [0.1, 0.15) is 0 Å². The largest absolute Gasteiger partial charge is 0.377 e. The molecule has 4 rings (SSSR count). The van der Waals surface area contributed by atoms with Gasteiger partial charge in [-0.1, -0.05) is 38.1 Å². The first kappa shape index (κ1) is 26.8. The van der Waals surface area contributed by atoms with Crippen molar-refractivity contribution in [1.29, 1.82) is 10.8 Å². The van der Waals surface area contributed by atoms with Gasteiger partial charge in [0.15, 0.2) is 0 Å². The molecule has 35 heavy (non-hydrogen) atoms. The van der Waals surface area contributed by atoms with E-state index in [0.717, 1.165) is 48.0 Å². The Bertz CT molecular complexity index is 1250. The first-order chi connectivity index (χ1) is 16.7. The molecule has 0 aliphatic rings. The molecule has 0 saturated heterocycles. The predicted molar refractivity (Wildman–Crippen MR) is 141 cm³/mol. The molecule has 0 amide bonds. The maximum atomic E-state index is 8.56. The number of rotatable bonds is 13. The third kappa shape index (κ3) is 5.72. The maximum absolute atomic E-state index is 8.56. The lowest BCUT2D eigenvalue weighted by Crippen LogP contribution is -2.27. The van der Waals surface area contributed by atoms with Crippen molar-refractivity contribution < 1.29 is 9.47 Å².